The first kappa shape index (κ1) is 17.9. The van der Waals surface area contributed by atoms with Gasteiger partial charge in [0.2, 0.25) is 5.91 Å². The molecule has 6 nitrogen and oxygen atoms in total. The van der Waals surface area contributed by atoms with Crippen LogP contribution < -0.4 is 10.6 Å². The predicted molar refractivity (Wildman–Crippen MR) is 104 cm³/mol. The van der Waals surface area contributed by atoms with Gasteiger partial charge in [0, 0.05) is 5.56 Å². The zero-order valence-corrected chi connectivity index (χ0v) is 15.5. The van der Waals surface area contributed by atoms with Gasteiger partial charge in [0.1, 0.15) is 17.7 Å². The fourth-order valence-electron chi connectivity index (χ4n) is 3.39. The van der Waals surface area contributed by atoms with Gasteiger partial charge >= 0.3 is 0 Å². The fraction of sp³-hybridized carbons (Fsp3) is 0.190. The maximum absolute atomic E-state index is 13.7. The number of fused-ring (bicyclic) bond motifs is 1. The van der Waals surface area contributed by atoms with Gasteiger partial charge in [-0.2, -0.15) is 5.10 Å². The molecule has 0 bridgehead atoms. The van der Waals surface area contributed by atoms with Crippen LogP contribution in [0.5, 0.6) is 0 Å². The Labute approximate surface area is 161 Å². The number of halogens is 1. The van der Waals surface area contributed by atoms with E-state index in [0.29, 0.717) is 5.82 Å². The molecule has 1 aromatic heterocycles. The Morgan fingerprint density at radius 1 is 1.18 bits per heavy atom. The summed E-state index contributed by atoms with van der Waals surface area (Å²) in [7, 11) is 0. The topological polar surface area (TPSA) is 76.0 Å². The van der Waals surface area contributed by atoms with E-state index < -0.39 is 17.8 Å². The number of anilines is 2. The van der Waals surface area contributed by atoms with Crippen molar-refractivity contribution in [3.05, 3.63) is 65.6 Å². The van der Waals surface area contributed by atoms with E-state index in [2.05, 4.69) is 15.7 Å². The van der Waals surface area contributed by atoms with E-state index in [1.807, 2.05) is 38.1 Å². The molecule has 7 heteroatoms. The van der Waals surface area contributed by atoms with Gasteiger partial charge in [-0.1, -0.05) is 42.0 Å². The molecule has 0 saturated heterocycles. The molecule has 0 spiro atoms. The molecule has 4 rings (SSSR count). The third-order valence-electron chi connectivity index (χ3n) is 4.79. The molecule has 0 saturated carbocycles. The predicted octanol–water partition coefficient (Wildman–Crippen LogP) is 3.83. The van der Waals surface area contributed by atoms with Gasteiger partial charge in [0.25, 0.3) is 5.91 Å². The molecule has 2 aromatic carbocycles. The summed E-state index contributed by atoms with van der Waals surface area (Å²) in [6, 6.07) is 13.1. The molecule has 1 aliphatic rings. The van der Waals surface area contributed by atoms with Gasteiger partial charge in [-0.05, 0) is 31.5 Å². The lowest BCUT2D eigenvalue weighted by molar-refractivity contribution is -0.123. The highest BCUT2D eigenvalue weighted by molar-refractivity contribution is 6.04. The summed E-state index contributed by atoms with van der Waals surface area (Å²) >= 11 is 0. The summed E-state index contributed by atoms with van der Waals surface area (Å²) in [6.07, 6.45) is -0.137. The number of carbonyl (C=O) groups excluding carboxylic acids is 2. The first-order valence-corrected chi connectivity index (χ1v) is 8.95. The molecule has 1 atom stereocenters. The monoisotopic (exact) mass is 378 g/mol. The third kappa shape index (κ3) is 3.15. The molecule has 0 fully saturated rings. The number of nitrogens with one attached hydrogen (secondary N) is 2. The Bertz CT molecular complexity index is 1070. The minimum atomic E-state index is -0.778. The standard InChI is InChI=1S/C21H19FN4O2/c1-12-7-9-14(10-8-12)19-13(2)25-26-17(21(28)24-20(19)26)11-18(27)23-16-6-4-3-5-15(16)22/h3-10,17H,11H2,1-2H3,(H,23,27)(H,24,28). The Hall–Kier alpha value is -3.48. The fourth-order valence-corrected chi connectivity index (χ4v) is 3.39. The maximum atomic E-state index is 13.7. The first-order valence-electron chi connectivity index (χ1n) is 8.95. The molecule has 0 radical (unpaired) electrons. The summed E-state index contributed by atoms with van der Waals surface area (Å²) < 4.78 is 15.3. The van der Waals surface area contributed by atoms with E-state index in [1.54, 1.807) is 16.8 Å². The third-order valence-corrected chi connectivity index (χ3v) is 4.79. The van der Waals surface area contributed by atoms with Crippen molar-refractivity contribution in [3.63, 3.8) is 0 Å². The SMILES string of the molecule is Cc1ccc(-c2c(C)nn3c2NC(=O)C3CC(=O)Nc2ccccc2F)cc1. The number of hydrogen-bond acceptors (Lipinski definition) is 3. The second-order valence-corrected chi connectivity index (χ2v) is 6.86. The van der Waals surface area contributed by atoms with Crippen molar-refractivity contribution in [2.24, 2.45) is 0 Å². The number of para-hydroxylation sites is 1. The number of benzene rings is 2. The Balaban J connectivity index is 1.59. The highest BCUT2D eigenvalue weighted by Gasteiger charge is 2.36. The number of nitrogens with zero attached hydrogens (tertiary/aromatic N) is 2. The molecule has 2 N–H and O–H groups in total. The molecule has 142 valence electrons. The number of carbonyl (C=O) groups is 2. The van der Waals surface area contributed by atoms with Gasteiger partial charge in [-0.15, -0.1) is 0 Å². The van der Waals surface area contributed by atoms with Gasteiger partial charge < -0.3 is 10.6 Å². The molecule has 2 heterocycles. The molecule has 1 unspecified atom stereocenters. The quantitative estimate of drug-likeness (QED) is 0.724. The number of amides is 2. The molecule has 1 aliphatic heterocycles. The van der Waals surface area contributed by atoms with Crippen LogP contribution in [0.4, 0.5) is 15.9 Å². The zero-order chi connectivity index (χ0) is 19.8. The van der Waals surface area contributed by atoms with Crippen molar-refractivity contribution in [2.45, 2.75) is 26.3 Å². The molecule has 2 amide bonds. The van der Waals surface area contributed by atoms with Gasteiger partial charge in [0.05, 0.1) is 17.8 Å². The van der Waals surface area contributed by atoms with Crippen LogP contribution in [0.2, 0.25) is 0 Å². The summed E-state index contributed by atoms with van der Waals surface area (Å²) in [4.78, 5) is 24.8. The number of aryl methyl sites for hydroxylation is 2. The lowest BCUT2D eigenvalue weighted by Crippen LogP contribution is -2.24. The van der Waals surface area contributed by atoms with Crippen molar-refractivity contribution in [1.82, 2.24) is 9.78 Å². The van der Waals surface area contributed by atoms with Crippen LogP contribution in [-0.2, 0) is 9.59 Å². The highest BCUT2D eigenvalue weighted by atomic mass is 19.1. The first-order chi connectivity index (χ1) is 13.4. The Kier molecular flexibility index (Phi) is 4.43. The lowest BCUT2D eigenvalue weighted by Gasteiger charge is -2.10. The second-order valence-electron chi connectivity index (χ2n) is 6.86. The van der Waals surface area contributed by atoms with E-state index in [0.717, 1.165) is 22.4 Å². The summed E-state index contributed by atoms with van der Waals surface area (Å²) in [6.45, 7) is 3.87. The van der Waals surface area contributed by atoms with Crippen LogP contribution in [0.1, 0.15) is 23.7 Å². The zero-order valence-electron chi connectivity index (χ0n) is 15.5. The molecular weight excluding hydrogens is 359 g/mol. The van der Waals surface area contributed by atoms with Crippen LogP contribution in [0.3, 0.4) is 0 Å². The van der Waals surface area contributed by atoms with Gasteiger partial charge in [0.15, 0.2) is 0 Å². The number of rotatable bonds is 4. The van der Waals surface area contributed by atoms with Crippen LogP contribution in [0.25, 0.3) is 11.1 Å². The van der Waals surface area contributed by atoms with E-state index in [9.17, 15) is 14.0 Å². The lowest BCUT2D eigenvalue weighted by atomic mass is 10.0. The van der Waals surface area contributed by atoms with Crippen molar-refractivity contribution in [3.8, 4) is 11.1 Å². The van der Waals surface area contributed by atoms with Crippen molar-refractivity contribution < 1.29 is 14.0 Å². The van der Waals surface area contributed by atoms with Crippen LogP contribution in [0.15, 0.2) is 48.5 Å². The van der Waals surface area contributed by atoms with E-state index in [4.69, 9.17) is 0 Å². The van der Waals surface area contributed by atoms with Crippen molar-refractivity contribution in [1.29, 1.82) is 0 Å². The van der Waals surface area contributed by atoms with Gasteiger partial charge in [-0.3, -0.25) is 9.59 Å². The van der Waals surface area contributed by atoms with Crippen LogP contribution >= 0.6 is 0 Å². The largest absolute Gasteiger partial charge is 0.324 e. The van der Waals surface area contributed by atoms with Crippen LogP contribution in [0, 0.1) is 19.7 Å². The molecule has 28 heavy (non-hydrogen) atoms. The minimum absolute atomic E-state index is 0.0862. The Morgan fingerprint density at radius 3 is 2.61 bits per heavy atom. The summed E-state index contributed by atoms with van der Waals surface area (Å²) in [5, 5.41) is 9.83. The summed E-state index contributed by atoms with van der Waals surface area (Å²) in [5.41, 5.74) is 3.77. The van der Waals surface area contributed by atoms with E-state index in [1.165, 1.54) is 12.1 Å². The molecule has 3 aromatic rings. The number of aromatic nitrogens is 2. The molecule has 0 aliphatic carbocycles. The van der Waals surface area contributed by atoms with E-state index >= 15 is 0 Å². The normalized spacial score (nSPS) is 15.2. The van der Waals surface area contributed by atoms with Crippen molar-refractivity contribution in [2.75, 3.05) is 10.6 Å². The maximum Gasteiger partial charge on any atom is 0.251 e. The van der Waals surface area contributed by atoms with Crippen LogP contribution in [-0.4, -0.2) is 21.6 Å². The Morgan fingerprint density at radius 2 is 1.89 bits per heavy atom. The average molecular weight is 378 g/mol. The molecular formula is C21H19FN4O2. The van der Waals surface area contributed by atoms with E-state index in [-0.39, 0.29) is 18.0 Å². The highest BCUT2D eigenvalue weighted by Crippen LogP contribution is 2.38. The summed E-state index contributed by atoms with van der Waals surface area (Å²) in [5.74, 6) is -0.707. The smallest absolute Gasteiger partial charge is 0.251 e. The van der Waals surface area contributed by atoms with Crippen molar-refractivity contribution >= 4 is 23.3 Å². The second kappa shape index (κ2) is 6.92. The number of hydrogen-bond donors (Lipinski definition) is 2. The van der Waals surface area contributed by atoms with Gasteiger partial charge in [-0.25, -0.2) is 9.07 Å². The average Bonchev–Trinajstić information content (AvgIpc) is 3.12. The minimum Gasteiger partial charge on any atom is -0.324 e.